The highest BCUT2D eigenvalue weighted by Gasteiger charge is 2.42. The molecule has 0 aromatic heterocycles. The number of rotatable bonds is 0. The molecule has 3 aliphatic carbocycles. The lowest BCUT2D eigenvalue weighted by molar-refractivity contribution is 0.271. The molecule has 3 aliphatic rings. The van der Waals surface area contributed by atoms with Crippen molar-refractivity contribution >= 4 is 24.8 Å². The van der Waals surface area contributed by atoms with Crippen LogP contribution in [-0.4, -0.2) is 12.1 Å². The van der Waals surface area contributed by atoms with Crippen molar-refractivity contribution in [2.45, 2.75) is 36.8 Å². The van der Waals surface area contributed by atoms with Crippen molar-refractivity contribution in [1.29, 1.82) is 0 Å². The Morgan fingerprint density at radius 3 is 1.56 bits per heavy atom. The largest absolute Gasteiger partial charge is 0.326 e. The summed E-state index contributed by atoms with van der Waals surface area (Å²) in [5.74, 6) is 1.01. The minimum Gasteiger partial charge on any atom is -0.326 e. The van der Waals surface area contributed by atoms with E-state index in [-0.39, 0.29) is 36.9 Å². The number of hydrogen-bond acceptors (Lipinski definition) is 2. The molecule has 0 spiro atoms. The Bertz CT molecular complexity index is 335. The van der Waals surface area contributed by atoms with Crippen LogP contribution in [0.15, 0.2) is 24.3 Å². The van der Waals surface area contributed by atoms with Crippen molar-refractivity contribution in [3.05, 3.63) is 35.4 Å². The number of fused-ring (bicyclic) bond motifs is 2. The third-order valence-electron chi connectivity index (χ3n) is 3.96. The number of hydrogen-bond donors (Lipinski definition) is 2. The van der Waals surface area contributed by atoms with Gasteiger partial charge in [-0.05, 0) is 24.0 Å². The monoisotopic (exact) mass is 260 g/mol. The van der Waals surface area contributed by atoms with Crippen LogP contribution in [0.3, 0.4) is 0 Å². The van der Waals surface area contributed by atoms with Gasteiger partial charge in [0.2, 0.25) is 0 Å². The molecule has 16 heavy (non-hydrogen) atoms. The zero-order valence-electron chi connectivity index (χ0n) is 9.00. The Morgan fingerprint density at radius 2 is 1.19 bits per heavy atom. The quantitative estimate of drug-likeness (QED) is 0.752. The van der Waals surface area contributed by atoms with Crippen molar-refractivity contribution < 1.29 is 0 Å². The van der Waals surface area contributed by atoms with Gasteiger partial charge in [-0.3, -0.25) is 0 Å². The summed E-state index contributed by atoms with van der Waals surface area (Å²) in [4.78, 5) is 0. The standard InChI is InChI=1S/C12H16N2.2ClH/c13-11-9-5-6-10(12(11)14)8-4-2-1-3-7(8)9;;/h1-4,9-12H,5-6,13-14H2;2*1H. The van der Waals surface area contributed by atoms with E-state index < -0.39 is 0 Å². The van der Waals surface area contributed by atoms with Gasteiger partial charge in [-0.25, -0.2) is 0 Å². The van der Waals surface area contributed by atoms with E-state index in [1.54, 1.807) is 0 Å². The van der Waals surface area contributed by atoms with Gasteiger partial charge in [0.1, 0.15) is 0 Å². The number of benzene rings is 1. The molecule has 1 aromatic carbocycles. The van der Waals surface area contributed by atoms with Crippen LogP contribution in [-0.2, 0) is 0 Å². The smallest absolute Gasteiger partial charge is 0.0268 e. The van der Waals surface area contributed by atoms with Gasteiger partial charge in [0, 0.05) is 23.9 Å². The molecule has 1 aromatic rings. The highest BCUT2D eigenvalue weighted by atomic mass is 35.5. The van der Waals surface area contributed by atoms with Gasteiger partial charge in [0.15, 0.2) is 0 Å². The minimum absolute atomic E-state index is 0. The van der Waals surface area contributed by atoms with Crippen molar-refractivity contribution in [1.82, 2.24) is 0 Å². The molecule has 4 N–H and O–H groups in total. The van der Waals surface area contributed by atoms with Crippen molar-refractivity contribution in [2.75, 3.05) is 0 Å². The first kappa shape index (κ1) is 13.8. The third-order valence-corrected chi connectivity index (χ3v) is 3.96. The first-order chi connectivity index (χ1) is 6.79. The van der Waals surface area contributed by atoms with E-state index in [1.165, 1.54) is 24.0 Å². The lowest BCUT2D eigenvalue weighted by Gasteiger charge is -2.46. The Kier molecular flexibility index (Phi) is 4.24. The lowest BCUT2D eigenvalue weighted by Crippen LogP contribution is -2.55. The van der Waals surface area contributed by atoms with E-state index >= 15 is 0 Å². The molecular formula is C12H18Cl2N2. The van der Waals surface area contributed by atoms with Crippen LogP contribution >= 0.6 is 24.8 Å². The molecule has 4 atom stereocenters. The number of halogens is 2. The van der Waals surface area contributed by atoms with Crippen LogP contribution in [0.25, 0.3) is 0 Å². The maximum atomic E-state index is 6.15. The van der Waals surface area contributed by atoms with Gasteiger partial charge >= 0.3 is 0 Å². The topological polar surface area (TPSA) is 52.0 Å². The van der Waals surface area contributed by atoms with E-state index in [1.807, 2.05) is 0 Å². The zero-order chi connectivity index (χ0) is 9.71. The third kappa shape index (κ3) is 1.74. The summed E-state index contributed by atoms with van der Waals surface area (Å²) in [5.41, 5.74) is 15.2. The molecule has 4 heteroatoms. The fourth-order valence-electron chi connectivity index (χ4n) is 3.19. The van der Waals surface area contributed by atoms with Gasteiger partial charge in [-0.2, -0.15) is 0 Å². The Labute approximate surface area is 109 Å². The maximum Gasteiger partial charge on any atom is 0.0268 e. The van der Waals surface area contributed by atoms with Crippen molar-refractivity contribution in [3.8, 4) is 0 Å². The second kappa shape index (κ2) is 4.92. The summed E-state index contributed by atoms with van der Waals surface area (Å²) in [6.07, 6.45) is 2.44. The Hall–Kier alpha value is -0.280. The first-order valence-electron chi connectivity index (χ1n) is 5.39. The zero-order valence-corrected chi connectivity index (χ0v) is 10.6. The summed E-state index contributed by atoms with van der Waals surface area (Å²) >= 11 is 0. The molecule has 2 bridgehead atoms. The predicted octanol–water partition coefficient (Wildman–Crippen LogP) is 2.16. The number of nitrogens with two attached hydrogens (primary N) is 2. The van der Waals surface area contributed by atoms with Crippen LogP contribution in [0.5, 0.6) is 0 Å². The van der Waals surface area contributed by atoms with Crippen molar-refractivity contribution in [3.63, 3.8) is 0 Å². The van der Waals surface area contributed by atoms with Crippen LogP contribution in [0.2, 0.25) is 0 Å². The Morgan fingerprint density at radius 1 is 0.812 bits per heavy atom. The van der Waals surface area contributed by atoms with E-state index in [2.05, 4.69) is 24.3 Å². The van der Waals surface area contributed by atoms with Gasteiger partial charge < -0.3 is 11.5 Å². The van der Waals surface area contributed by atoms with Gasteiger partial charge in [0.25, 0.3) is 0 Å². The fourth-order valence-corrected chi connectivity index (χ4v) is 3.19. The average Bonchev–Trinajstić information content (AvgIpc) is 2.24. The molecule has 0 heterocycles. The average molecular weight is 261 g/mol. The van der Waals surface area contributed by atoms with E-state index in [4.69, 9.17) is 11.5 Å². The van der Waals surface area contributed by atoms with Gasteiger partial charge in [-0.15, -0.1) is 24.8 Å². The SMILES string of the molecule is Cl.Cl.NC1C2CCC(c3ccccc32)C1N. The maximum absolute atomic E-state index is 6.15. The lowest BCUT2D eigenvalue weighted by atomic mass is 9.62. The molecule has 1 saturated carbocycles. The Balaban J connectivity index is 0.000000640. The molecule has 2 nitrogen and oxygen atoms in total. The molecule has 90 valence electrons. The normalized spacial score (nSPS) is 34.6. The highest BCUT2D eigenvalue weighted by Crippen LogP contribution is 2.47. The van der Waals surface area contributed by atoms with E-state index in [9.17, 15) is 0 Å². The second-order valence-corrected chi connectivity index (χ2v) is 4.57. The molecular weight excluding hydrogens is 243 g/mol. The van der Waals surface area contributed by atoms with Crippen LogP contribution in [0, 0.1) is 0 Å². The molecule has 0 amide bonds. The van der Waals surface area contributed by atoms with Gasteiger partial charge in [0.05, 0.1) is 0 Å². The summed E-state index contributed by atoms with van der Waals surface area (Å²) in [6, 6.07) is 9.00. The summed E-state index contributed by atoms with van der Waals surface area (Å²) in [7, 11) is 0. The summed E-state index contributed by atoms with van der Waals surface area (Å²) in [6.45, 7) is 0. The molecule has 0 radical (unpaired) electrons. The van der Waals surface area contributed by atoms with Gasteiger partial charge in [-0.1, -0.05) is 24.3 Å². The van der Waals surface area contributed by atoms with Crippen molar-refractivity contribution in [2.24, 2.45) is 11.5 Å². The van der Waals surface area contributed by atoms with E-state index in [0.717, 1.165) is 0 Å². The minimum atomic E-state index is 0. The molecule has 0 saturated heterocycles. The second-order valence-electron chi connectivity index (χ2n) is 4.57. The summed E-state index contributed by atoms with van der Waals surface area (Å²) in [5, 5.41) is 0. The molecule has 0 aliphatic heterocycles. The molecule has 1 fully saturated rings. The molecule has 4 unspecified atom stereocenters. The first-order valence-corrected chi connectivity index (χ1v) is 5.39. The predicted molar refractivity (Wildman–Crippen MR) is 71.6 cm³/mol. The van der Waals surface area contributed by atoms with Crippen LogP contribution in [0.4, 0.5) is 0 Å². The fraction of sp³-hybridized carbons (Fsp3) is 0.500. The van der Waals surface area contributed by atoms with Crippen LogP contribution in [0.1, 0.15) is 35.8 Å². The van der Waals surface area contributed by atoms with Crippen LogP contribution < -0.4 is 11.5 Å². The van der Waals surface area contributed by atoms with E-state index in [0.29, 0.717) is 11.8 Å². The summed E-state index contributed by atoms with van der Waals surface area (Å²) < 4.78 is 0. The highest BCUT2D eigenvalue weighted by molar-refractivity contribution is 5.85. The molecule has 4 rings (SSSR count).